The van der Waals surface area contributed by atoms with Crippen molar-refractivity contribution < 1.29 is 9.59 Å². The summed E-state index contributed by atoms with van der Waals surface area (Å²) in [5, 5.41) is 5.90. The van der Waals surface area contributed by atoms with Gasteiger partial charge < -0.3 is 15.5 Å². The summed E-state index contributed by atoms with van der Waals surface area (Å²) in [5.74, 6) is 0.132. The van der Waals surface area contributed by atoms with Crippen LogP contribution in [0.3, 0.4) is 0 Å². The van der Waals surface area contributed by atoms with E-state index in [9.17, 15) is 9.59 Å². The van der Waals surface area contributed by atoms with Gasteiger partial charge in [-0.05, 0) is 44.2 Å². The van der Waals surface area contributed by atoms with Crippen LogP contribution in [-0.4, -0.2) is 67.4 Å². The Morgan fingerprint density at radius 1 is 1.00 bits per heavy atom. The lowest BCUT2D eigenvalue weighted by Gasteiger charge is -2.31. The van der Waals surface area contributed by atoms with E-state index in [1.54, 1.807) is 24.3 Å². The Hall–Kier alpha value is -1.92. The van der Waals surface area contributed by atoms with Crippen LogP contribution in [0.4, 0.5) is 10.5 Å². The maximum Gasteiger partial charge on any atom is 0.319 e. The minimum absolute atomic E-state index is 0.132. The molecule has 2 N–H and O–H groups in total. The number of likely N-dealkylation sites (N-methyl/N-ethyl adjacent to an activating group) is 1. The quantitative estimate of drug-likeness (QED) is 0.794. The van der Waals surface area contributed by atoms with Gasteiger partial charge in [0.1, 0.15) is 0 Å². The lowest BCUT2D eigenvalue weighted by molar-refractivity contribution is 0.0876. The van der Waals surface area contributed by atoms with E-state index in [2.05, 4.69) is 27.5 Å². The van der Waals surface area contributed by atoms with Gasteiger partial charge in [0, 0.05) is 43.5 Å². The van der Waals surface area contributed by atoms with Crippen LogP contribution in [0.15, 0.2) is 24.3 Å². The molecule has 1 aliphatic carbocycles. The molecule has 0 aromatic heterocycles. The Morgan fingerprint density at radius 2 is 1.65 bits per heavy atom. The zero-order valence-corrected chi connectivity index (χ0v) is 15.7. The molecule has 3 rings (SSSR count). The fourth-order valence-corrected chi connectivity index (χ4v) is 3.64. The highest BCUT2D eigenvalue weighted by Gasteiger charge is 2.18. The molecule has 0 bridgehead atoms. The molecule has 1 aliphatic heterocycles. The first kappa shape index (κ1) is 18.9. The average Bonchev–Trinajstić information content (AvgIpc) is 2.65. The molecule has 1 saturated carbocycles. The van der Waals surface area contributed by atoms with Crippen molar-refractivity contribution in [1.82, 2.24) is 15.1 Å². The number of carbonyl (C=O) groups is 2. The molecule has 0 spiro atoms. The second kappa shape index (κ2) is 9.14. The summed E-state index contributed by atoms with van der Waals surface area (Å²) in [4.78, 5) is 29.0. The third-order valence-electron chi connectivity index (χ3n) is 5.37. The van der Waals surface area contributed by atoms with Crippen molar-refractivity contribution in [2.75, 3.05) is 45.1 Å². The fraction of sp³-hybridized carbons (Fsp3) is 0.600. The molecule has 2 aliphatic rings. The van der Waals surface area contributed by atoms with E-state index >= 15 is 0 Å². The first-order chi connectivity index (χ1) is 12.6. The zero-order chi connectivity index (χ0) is 18.4. The van der Waals surface area contributed by atoms with Gasteiger partial charge in [0.2, 0.25) is 0 Å². The number of rotatable bonds is 5. The second-order valence-corrected chi connectivity index (χ2v) is 7.51. The van der Waals surface area contributed by atoms with Gasteiger partial charge in [0.25, 0.3) is 0 Å². The summed E-state index contributed by atoms with van der Waals surface area (Å²) >= 11 is 0. The molecule has 1 aromatic carbocycles. The van der Waals surface area contributed by atoms with Crippen LogP contribution in [0.5, 0.6) is 0 Å². The smallest absolute Gasteiger partial charge is 0.319 e. The molecule has 142 valence electrons. The molecule has 2 amide bonds. The monoisotopic (exact) mass is 358 g/mol. The fourth-order valence-electron chi connectivity index (χ4n) is 3.64. The molecule has 1 saturated heterocycles. The molecule has 1 aromatic rings. The van der Waals surface area contributed by atoms with Gasteiger partial charge in [-0.25, -0.2) is 4.79 Å². The number of anilines is 1. The lowest BCUT2D eigenvalue weighted by Crippen LogP contribution is -2.46. The molecule has 0 radical (unpaired) electrons. The van der Waals surface area contributed by atoms with Crippen molar-refractivity contribution in [2.24, 2.45) is 0 Å². The van der Waals surface area contributed by atoms with Gasteiger partial charge in [-0.2, -0.15) is 0 Å². The number of carbonyl (C=O) groups excluding carboxylic acids is 2. The molecule has 0 unspecified atom stereocenters. The van der Waals surface area contributed by atoms with E-state index < -0.39 is 0 Å². The van der Waals surface area contributed by atoms with Crippen molar-refractivity contribution in [1.29, 1.82) is 0 Å². The number of Topliss-reactive ketones (excluding diaryl/α,β-unsaturated/α-hetero) is 1. The number of nitrogens with zero attached hydrogens (tertiary/aromatic N) is 2. The summed E-state index contributed by atoms with van der Waals surface area (Å²) in [6, 6.07) is 7.33. The summed E-state index contributed by atoms with van der Waals surface area (Å²) in [5.41, 5.74) is 1.41. The molecule has 6 nitrogen and oxygen atoms in total. The van der Waals surface area contributed by atoms with Crippen molar-refractivity contribution in [3.05, 3.63) is 29.8 Å². The Balaban J connectivity index is 1.46. The predicted octanol–water partition coefficient (Wildman–Crippen LogP) is 2.57. The molecular formula is C20H30N4O2. The first-order valence-corrected chi connectivity index (χ1v) is 9.72. The number of amides is 2. The summed E-state index contributed by atoms with van der Waals surface area (Å²) < 4.78 is 0. The van der Waals surface area contributed by atoms with Crippen LogP contribution in [0.2, 0.25) is 0 Å². The minimum atomic E-state index is -0.159. The van der Waals surface area contributed by atoms with E-state index in [-0.39, 0.29) is 17.9 Å². The van der Waals surface area contributed by atoms with E-state index in [0.717, 1.165) is 44.7 Å². The average molecular weight is 358 g/mol. The highest BCUT2D eigenvalue weighted by atomic mass is 16.2. The van der Waals surface area contributed by atoms with Crippen molar-refractivity contribution >= 4 is 17.5 Å². The topological polar surface area (TPSA) is 64.7 Å². The zero-order valence-electron chi connectivity index (χ0n) is 15.7. The number of hydrogen-bond donors (Lipinski definition) is 2. The number of nitrogens with one attached hydrogen (secondary N) is 2. The van der Waals surface area contributed by atoms with E-state index in [1.165, 1.54) is 19.3 Å². The van der Waals surface area contributed by atoms with Gasteiger partial charge in [0.05, 0.1) is 6.54 Å². The third kappa shape index (κ3) is 5.54. The number of hydrogen-bond acceptors (Lipinski definition) is 4. The van der Waals surface area contributed by atoms with E-state index in [1.807, 2.05) is 0 Å². The minimum Gasteiger partial charge on any atom is -0.335 e. The number of benzene rings is 1. The van der Waals surface area contributed by atoms with Crippen molar-refractivity contribution in [3.63, 3.8) is 0 Å². The molecule has 1 heterocycles. The van der Waals surface area contributed by atoms with Crippen LogP contribution in [0.1, 0.15) is 42.5 Å². The Labute approximate surface area is 155 Å². The number of urea groups is 1. The summed E-state index contributed by atoms with van der Waals surface area (Å²) in [6.07, 6.45) is 5.77. The highest BCUT2D eigenvalue weighted by Crippen LogP contribution is 2.18. The van der Waals surface area contributed by atoms with Crippen LogP contribution < -0.4 is 10.6 Å². The number of ketones is 1. The first-order valence-electron chi connectivity index (χ1n) is 9.72. The van der Waals surface area contributed by atoms with Crippen molar-refractivity contribution in [2.45, 2.75) is 38.1 Å². The Kier molecular flexibility index (Phi) is 6.63. The van der Waals surface area contributed by atoms with Crippen LogP contribution >= 0.6 is 0 Å². The van der Waals surface area contributed by atoms with Crippen LogP contribution in [-0.2, 0) is 0 Å². The molecule has 6 heteroatoms. The third-order valence-corrected chi connectivity index (χ3v) is 5.37. The number of piperazine rings is 1. The van der Waals surface area contributed by atoms with E-state index in [0.29, 0.717) is 12.1 Å². The van der Waals surface area contributed by atoms with Crippen LogP contribution in [0.25, 0.3) is 0 Å². The van der Waals surface area contributed by atoms with Crippen LogP contribution in [0, 0.1) is 0 Å². The van der Waals surface area contributed by atoms with Crippen molar-refractivity contribution in [3.8, 4) is 0 Å². The summed E-state index contributed by atoms with van der Waals surface area (Å²) in [6.45, 7) is 4.34. The maximum absolute atomic E-state index is 12.4. The molecule has 0 atom stereocenters. The largest absolute Gasteiger partial charge is 0.335 e. The van der Waals surface area contributed by atoms with Gasteiger partial charge in [-0.1, -0.05) is 19.3 Å². The van der Waals surface area contributed by atoms with Gasteiger partial charge in [-0.15, -0.1) is 0 Å². The SMILES string of the molecule is CN1CCN(CC(=O)c2ccc(NC(=O)NC3CCCCC3)cc2)CC1. The Morgan fingerprint density at radius 3 is 2.31 bits per heavy atom. The molecule has 26 heavy (non-hydrogen) atoms. The Bertz CT molecular complexity index is 603. The standard InChI is InChI=1S/C20H30N4O2/c1-23-11-13-24(14-12-23)15-19(25)16-7-9-18(10-8-16)22-20(26)21-17-5-3-2-4-6-17/h7-10,17H,2-6,11-15H2,1H3,(H2,21,22,26). The highest BCUT2D eigenvalue weighted by molar-refractivity contribution is 5.98. The molecular weight excluding hydrogens is 328 g/mol. The molecule has 2 fully saturated rings. The maximum atomic E-state index is 12.4. The summed E-state index contributed by atoms with van der Waals surface area (Å²) in [7, 11) is 2.11. The van der Waals surface area contributed by atoms with Gasteiger partial charge in [-0.3, -0.25) is 9.69 Å². The normalized spacial score (nSPS) is 19.9. The second-order valence-electron chi connectivity index (χ2n) is 7.51. The predicted molar refractivity (Wildman–Crippen MR) is 104 cm³/mol. The van der Waals surface area contributed by atoms with Gasteiger partial charge in [0.15, 0.2) is 5.78 Å². The van der Waals surface area contributed by atoms with Gasteiger partial charge >= 0.3 is 6.03 Å². The lowest BCUT2D eigenvalue weighted by atomic mass is 9.96. The van der Waals surface area contributed by atoms with E-state index in [4.69, 9.17) is 0 Å².